The largest absolute Gasteiger partial charge is 0.394 e. The molecule has 0 aromatic rings. The van der Waals surface area contributed by atoms with Gasteiger partial charge in [-0.1, -0.05) is 186 Å². The van der Waals surface area contributed by atoms with Gasteiger partial charge in [0.1, 0.15) is 0 Å². The fourth-order valence-corrected chi connectivity index (χ4v) is 6.10. The van der Waals surface area contributed by atoms with Crippen LogP contribution in [0.5, 0.6) is 0 Å². The molecule has 0 aromatic carbocycles. The second-order valence-electron chi connectivity index (χ2n) is 13.7. The molecule has 4 nitrogen and oxygen atoms in total. The molecule has 3 N–H and O–H groups in total. The number of unbranched alkanes of at least 4 members (excludes halogenated alkanes) is 25. The van der Waals surface area contributed by atoms with E-state index in [1.54, 1.807) is 0 Å². The summed E-state index contributed by atoms with van der Waals surface area (Å²) in [6, 6.07) is -0.530. The smallest absolute Gasteiger partial charge is 0.220 e. The Balaban J connectivity index is 3.40. The molecule has 0 saturated heterocycles. The molecule has 2 atom stereocenters. The molecule has 0 rings (SSSR count). The Morgan fingerprint density at radius 2 is 0.911 bits per heavy atom. The molecule has 0 radical (unpaired) electrons. The van der Waals surface area contributed by atoms with E-state index in [0.29, 0.717) is 12.8 Å². The maximum Gasteiger partial charge on any atom is 0.220 e. The lowest BCUT2D eigenvalue weighted by Crippen LogP contribution is -2.45. The van der Waals surface area contributed by atoms with Gasteiger partial charge in [-0.25, -0.2) is 0 Å². The van der Waals surface area contributed by atoms with Gasteiger partial charge in [-0.05, 0) is 44.9 Å². The molecule has 0 aromatic heterocycles. The van der Waals surface area contributed by atoms with Crippen LogP contribution in [0.2, 0.25) is 0 Å². The van der Waals surface area contributed by atoms with Crippen LogP contribution in [0.15, 0.2) is 24.3 Å². The van der Waals surface area contributed by atoms with E-state index in [4.69, 9.17) is 0 Å². The van der Waals surface area contributed by atoms with Crippen LogP contribution in [-0.2, 0) is 4.79 Å². The van der Waals surface area contributed by atoms with Crippen LogP contribution in [0.3, 0.4) is 0 Å². The Kier molecular flexibility index (Phi) is 36.4. The van der Waals surface area contributed by atoms with E-state index in [0.717, 1.165) is 32.1 Å². The van der Waals surface area contributed by atoms with Crippen molar-refractivity contribution >= 4 is 5.91 Å². The standard InChI is InChI=1S/C41H79NO3/c1-3-5-7-9-11-12-13-14-15-16-17-18-19-20-21-22-23-24-25-26-27-28-29-30-31-33-35-37-41(45)42-39(38-43)40(44)36-34-32-10-8-6-4-2/h13-14,16-17,39-40,43-44H,3-12,15,18-38H2,1-2H3,(H,42,45)/b14-13-,17-16-. The van der Waals surface area contributed by atoms with E-state index < -0.39 is 12.1 Å². The third kappa shape index (κ3) is 34.0. The lowest BCUT2D eigenvalue weighted by Gasteiger charge is -2.22. The van der Waals surface area contributed by atoms with Crippen molar-refractivity contribution in [3.63, 3.8) is 0 Å². The first kappa shape index (κ1) is 43.9. The summed E-state index contributed by atoms with van der Waals surface area (Å²) in [5.41, 5.74) is 0. The van der Waals surface area contributed by atoms with Gasteiger partial charge < -0.3 is 15.5 Å². The molecule has 1 amide bonds. The van der Waals surface area contributed by atoms with Gasteiger partial charge >= 0.3 is 0 Å². The monoisotopic (exact) mass is 634 g/mol. The summed E-state index contributed by atoms with van der Waals surface area (Å²) in [4.78, 5) is 12.3. The summed E-state index contributed by atoms with van der Waals surface area (Å²) in [6.45, 7) is 4.29. The zero-order valence-corrected chi connectivity index (χ0v) is 30.4. The highest BCUT2D eigenvalue weighted by Crippen LogP contribution is 2.15. The van der Waals surface area contributed by atoms with E-state index in [1.165, 1.54) is 154 Å². The summed E-state index contributed by atoms with van der Waals surface area (Å²) < 4.78 is 0. The minimum atomic E-state index is -0.653. The Morgan fingerprint density at radius 1 is 0.533 bits per heavy atom. The highest BCUT2D eigenvalue weighted by atomic mass is 16.3. The molecule has 4 heteroatoms. The molecular weight excluding hydrogens is 554 g/mol. The predicted molar refractivity (Wildman–Crippen MR) is 198 cm³/mol. The van der Waals surface area contributed by atoms with Crippen molar-refractivity contribution in [2.75, 3.05) is 6.61 Å². The van der Waals surface area contributed by atoms with Crippen molar-refractivity contribution in [3.8, 4) is 0 Å². The van der Waals surface area contributed by atoms with Crippen LogP contribution in [0.4, 0.5) is 0 Å². The molecule has 0 bridgehead atoms. The van der Waals surface area contributed by atoms with E-state index in [2.05, 4.69) is 43.5 Å². The highest BCUT2D eigenvalue weighted by Gasteiger charge is 2.19. The zero-order chi connectivity index (χ0) is 32.9. The summed E-state index contributed by atoms with van der Waals surface area (Å²) in [7, 11) is 0. The number of amides is 1. The number of aliphatic hydroxyl groups is 2. The Hall–Kier alpha value is -1.13. The molecule has 45 heavy (non-hydrogen) atoms. The van der Waals surface area contributed by atoms with Gasteiger partial charge in [0.25, 0.3) is 0 Å². The van der Waals surface area contributed by atoms with Crippen molar-refractivity contribution in [1.82, 2.24) is 5.32 Å². The number of hydrogen-bond donors (Lipinski definition) is 3. The van der Waals surface area contributed by atoms with Crippen LogP contribution in [-0.4, -0.2) is 34.9 Å². The number of carbonyl (C=O) groups excluding carboxylic acids is 1. The quantitative estimate of drug-likeness (QED) is 0.0475. The second kappa shape index (κ2) is 37.3. The third-order valence-electron chi connectivity index (χ3n) is 9.22. The topological polar surface area (TPSA) is 69.6 Å². The molecule has 0 aliphatic rings. The molecule has 0 fully saturated rings. The molecule has 2 unspecified atom stereocenters. The van der Waals surface area contributed by atoms with Gasteiger partial charge in [0.15, 0.2) is 0 Å². The Labute approximate surface area is 281 Å². The van der Waals surface area contributed by atoms with Crippen LogP contribution in [0, 0.1) is 0 Å². The molecule has 266 valence electrons. The first-order valence-corrected chi connectivity index (χ1v) is 20.0. The van der Waals surface area contributed by atoms with Crippen molar-refractivity contribution in [2.24, 2.45) is 0 Å². The average Bonchev–Trinajstić information content (AvgIpc) is 3.04. The molecule has 0 aliphatic heterocycles. The third-order valence-corrected chi connectivity index (χ3v) is 9.22. The normalized spacial score (nSPS) is 13.2. The van der Waals surface area contributed by atoms with E-state index >= 15 is 0 Å². The lowest BCUT2D eigenvalue weighted by molar-refractivity contribution is -0.123. The summed E-state index contributed by atoms with van der Waals surface area (Å²) in [5, 5.41) is 22.8. The van der Waals surface area contributed by atoms with Gasteiger partial charge in [0.05, 0.1) is 18.8 Å². The van der Waals surface area contributed by atoms with Crippen molar-refractivity contribution < 1.29 is 15.0 Å². The summed E-state index contributed by atoms with van der Waals surface area (Å²) >= 11 is 0. The van der Waals surface area contributed by atoms with Crippen LogP contribution in [0.1, 0.15) is 213 Å². The second-order valence-corrected chi connectivity index (χ2v) is 13.7. The van der Waals surface area contributed by atoms with E-state index in [1.807, 2.05) is 0 Å². The van der Waals surface area contributed by atoms with Gasteiger partial charge in [0.2, 0.25) is 5.91 Å². The van der Waals surface area contributed by atoms with Gasteiger partial charge in [-0.15, -0.1) is 0 Å². The molecule has 0 spiro atoms. The minimum absolute atomic E-state index is 0.0364. The number of allylic oxidation sites excluding steroid dienone is 4. The zero-order valence-electron chi connectivity index (χ0n) is 30.4. The molecule has 0 aliphatic carbocycles. The summed E-state index contributed by atoms with van der Waals surface area (Å²) in [5.74, 6) is -0.0364. The van der Waals surface area contributed by atoms with Gasteiger partial charge in [-0.3, -0.25) is 4.79 Å². The van der Waals surface area contributed by atoms with Crippen molar-refractivity contribution in [3.05, 3.63) is 24.3 Å². The first-order valence-electron chi connectivity index (χ1n) is 20.0. The van der Waals surface area contributed by atoms with E-state index in [9.17, 15) is 15.0 Å². The number of hydrogen-bond acceptors (Lipinski definition) is 3. The fraction of sp³-hybridized carbons (Fsp3) is 0.878. The highest BCUT2D eigenvalue weighted by molar-refractivity contribution is 5.76. The maximum atomic E-state index is 12.3. The van der Waals surface area contributed by atoms with E-state index in [-0.39, 0.29) is 12.5 Å². The number of aliphatic hydroxyl groups excluding tert-OH is 2. The summed E-state index contributed by atoms with van der Waals surface area (Å²) in [6.07, 6.45) is 47.0. The van der Waals surface area contributed by atoms with Gasteiger partial charge in [-0.2, -0.15) is 0 Å². The van der Waals surface area contributed by atoms with Gasteiger partial charge in [0, 0.05) is 6.42 Å². The first-order chi connectivity index (χ1) is 22.2. The van der Waals surface area contributed by atoms with Crippen LogP contribution < -0.4 is 5.32 Å². The number of nitrogens with one attached hydrogen (secondary N) is 1. The number of carbonyl (C=O) groups is 1. The molecule has 0 saturated carbocycles. The van der Waals surface area contributed by atoms with Crippen molar-refractivity contribution in [1.29, 1.82) is 0 Å². The maximum absolute atomic E-state index is 12.3. The minimum Gasteiger partial charge on any atom is -0.394 e. The number of rotatable bonds is 36. The van der Waals surface area contributed by atoms with Crippen molar-refractivity contribution in [2.45, 2.75) is 225 Å². The average molecular weight is 634 g/mol. The molecular formula is C41H79NO3. The van der Waals surface area contributed by atoms with Crippen LogP contribution >= 0.6 is 0 Å². The Morgan fingerprint density at radius 3 is 1.33 bits per heavy atom. The SMILES string of the molecule is CCCCCCC/C=C\C/C=C\CCCCCCCCCCCCCCCCCC(=O)NC(CO)C(O)CCCCCCCC. The lowest BCUT2D eigenvalue weighted by atomic mass is 10.0. The predicted octanol–water partition coefficient (Wildman–Crippen LogP) is 12.1. The Bertz CT molecular complexity index is 647. The fourth-order valence-electron chi connectivity index (χ4n) is 6.10. The van der Waals surface area contributed by atoms with Crippen LogP contribution in [0.25, 0.3) is 0 Å². The molecule has 0 heterocycles.